The van der Waals surface area contributed by atoms with Crippen LogP contribution in [0.4, 0.5) is 0 Å². The molecular formula is C16H27N5. The van der Waals surface area contributed by atoms with Crippen LogP contribution >= 0.6 is 0 Å². The van der Waals surface area contributed by atoms with Crippen molar-refractivity contribution >= 4 is 0 Å². The number of nitrogens with zero attached hydrogens (tertiary/aromatic N) is 4. The third kappa shape index (κ3) is 3.35. The average molecular weight is 289 g/mol. The van der Waals surface area contributed by atoms with E-state index in [2.05, 4.69) is 43.5 Å². The lowest BCUT2D eigenvalue weighted by atomic mass is 10.0. The predicted octanol–water partition coefficient (Wildman–Crippen LogP) is 2.35. The number of aromatic nitrogens is 4. The van der Waals surface area contributed by atoms with E-state index in [9.17, 15) is 0 Å². The van der Waals surface area contributed by atoms with E-state index >= 15 is 0 Å². The van der Waals surface area contributed by atoms with E-state index in [0.29, 0.717) is 0 Å². The van der Waals surface area contributed by atoms with Crippen LogP contribution in [0, 0.1) is 20.8 Å². The number of hydrogen-bond acceptors (Lipinski definition) is 3. The molecule has 0 amide bonds. The summed E-state index contributed by atoms with van der Waals surface area (Å²) in [5.74, 6) is 0. The smallest absolute Gasteiger partial charge is 0.0831 e. The lowest BCUT2D eigenvalue weighted by molar-refractivity contribution is 0.566. The van der Waals surface area contributed by atoms with Gasteiger partial charge >= 0.3 is 0 Å². The molecule has 0 aliphatic carbocycles. The maximum absolute atomic E-state index is 6.10. The summed E-state index contributed by atoms with van der Waals surface area (Å²) in [6.45, 7) is 12.1. The molecule has 0 bridgehead atoms. The first-order valence-corrected chi connectivity index (χ1v) is 7.78. The Labute approximate surface area is 127 Å². The van der Waals surface area contributed by atoms with Gasteiger partial charge in [0.05, 0.1) is 23.6 Å². The second-order valence-corrected chi connectivity index (χ2v) is 5.77. The maximum Gasteiger partial charge on any atom is 0.0831 e. The van der Waals surface area contributed by atoms with E-state index in [4.69, 9.17) is 10.8 Å². The molecule has 5 heteroatoms. The highest BCUT2D eigenvalue weighted by molar-refractivity contribution is 5.26. The highest BCUT2D eigenvalue weighted by Gasteiger charge is 2.15. The number of rotatable bonds is 6. The summed E-state index contributed by atoms with van der Waals surface area (Å²) < 4.78 is 4.12. The van der Waals surface area contributed by atoms with E-state index in [1.54, 1.807) is 0 Å². The van der Waals surface area contributed by atoms with Gasteiger partial charge in [0.2, 0.25) is 0 Å². The zero-order chi connectivity index (χ0) is 15.6. The fourth-order valence-corrected chi connectivity index (χ4v) is 2.74. The van der Waals surface area contributed by atoms with Crippen LogP contribution in [0.2, 0.25) is 0 Å². The Kier molecular flexibility index (Phi) is 4.83. The van der Waals surface area contributed by atoms with Crippen molar-refractivity contribution in [2.24, 2.45) is 5.73 Å². The summed E-state index contributed by atoms with van der Waals surface area (Å²) in [5.41, 5.74) is 12.0. The Bertz CT molecular complexity index is 608. The fourth-order valence-electron chi connectivity index (χ4n) is 2.74. The lowest BCUT2D eigenvalue weighted by Gasteiger charge is -2.10. The van der Waals surface area contributed by atoms with Crippen LogP contribution in [-0.2, 0) is 19.5 Å². The molecule has 0 saturated carbocycles. The molecular weight excluding hydrogens is 262 g/mol. The van der Waals surface area contributed by atoms with E-state index in [-0.39, 0.29) is 6.04 Å². The van der Waals surface area contributed by atoms with Crippen LogP contribution < -0.4 is 5.73 Å². The van der Waals surface area contributed by atoms with E-state index in [1.165, 1.54) is 17.0 Å². The van der Waals surface area contributed by atoms with Gasteiger partial charge in [-0.25, -0.2) is 0 Å². The van der Waals surface area contributed by atoms with Gasteiger partial charge in [0.15, 0.2) is 0 Å². The lowest BCUT2D eigenvalue weighted by Crippen LogP contribution is -2.22. The molecule has 116 valence electrons. The van der Waals surface area contributed by atoms with Gasteiger partial charge in [-0.1, -0.05) is 6.92 Å². The summed E-state index contributed by atoms with van der Waals surface area (Å²) in [7, 11) is 0. The van der Waals surface area contributed by atoms with Gasteiger partial charge in [-0.05, 0) is 52.2 Å². The summed E-state index contributed by atoms with van der Waals surface area (Å²) in [6.07, 6.45) is 1.89. The van der Waals surface area contributed by atoms with E-state index in [0.717, 1.165) is 37.3 Å². The van der Waals surface area contributed by atoms with Crippen molar-refractivity contribution in [2.45, 2.75) is 66.6 Å². The van der Waals surface area contributed by atoms with Gasteiger partial charge in [-0.2, -0.15) is 10.2 Å². The second-order valence-electron chi connectivity index (χ2n) is 5.77. The molecule has 5 nitrogen and oxygen atoms in total. The standard InChI is InChI=1S/C16H27N5/c1-6-14(17)9-16-12(4)19-21(13(16)5)10-15-8-11(3)18-20(15)7-2/h8,14H,6-7,9-10,17H2,1-5H3. The van der Waals surface area contributed by atoms with E-state index < -0.39 is 0 Å². The molecule has 0 aromatic carbocycles. The first-order chi connectivity index (χ1) is 9.96. The third-order valence-electron chi connectivity index (χ3n) is 4.12. The molecule has 2 aromatic heterocycles. The summed E-state index contributed by atoms with van der Waals surface area (Å²) in [4.78, 5) is 0. The largest absolute Gasteiger partial charge is 0.327 e. The number of nitrogens with two attached hydrogens (primary N) is 1. The predicted molar refractivity (Wildman–Crippen MR) is 85.4 cm³/mol. The molecule has 0 radical (unpaired) electrons. The summed E-state index contributed by atoms with van der Waals surface area (Å²) in [5, 5.41) is 9.20. The number of aryl methyl sites for hydroxylation is 3. The minimum Gasteiger partial charge on any atom is -0.327 e. The molecule has 0 aliphatic heterocycles. The van der Waals surface area contributed by atoms with Crippen LogP contribution in [0.1, 0.15) is 48.6 Å². The minimum atomic E-state index is 0.212. The third-order valence-corrected chi connectivity index (χ3v) is 4.12. The number of hydrogen-bond donors (Lipinski definition) is 1. The molecule has 0 aliphatic rings. The van der Waals surface area contributed by atoms with Crippen molar-refractivity contribution in [1.82, 2.24) is 19.6 Å². The Morgan fingerprint density at radius 1 is 1.14 bits per heavy atom. The zero-order valence-corrected chi connectivity index (χ0v) is 13.8. The van der Waals surface area contributed by atoms with Crippen LogP contribution in [0.25, 0.3) is 0 Å². The van der Waals surface area contributed by atoms with Gasteiger partial charge in [-0.15, -0.1) is 0 Å². The molecule has 1 unspecified atom stereocenters. The normalized spacial score (nSPS) is 12.9. The highest BCUT2D eigenvalue weighted by Crippen LogP contribution is 2.17. The van der Waals surface area contributed by atoms with Crippen LogP contribution in [0.3, 0.4) is 0 Å². The van der Waals surface area contributed by atoms with Gasteiger partial charge in [0.25, 0.3) is 0 Å². The van der Waals surface area contributed by atoms with Crippen molar-refractivity contribution in [1.29, 1.82) is 0 Å². The quantitative estimate of drug-likeness (QED) is 0.888. The van der Waals surface area contributed by atoms with Crippen LogP contribution in [-0.4, -0.2) is 25.6 Å². The van der Waals surface area contributed by atoms with Gasteiger partial charge in [0, 0.05) is 18.3 Å². The second kappa shape index (κ2) is 6.43. The van der Waals surface area contributed by atoms with Crippen molar-refractivity contribution in [3.8, 4) is 0 Å². The Morgan fingerprint density at radius 3 is 2.48 bits per heavy atom. The monoisotopic (exact) mass is 289 g/mol. The van der Waals surface area contributed by atoms with Crippen LogP contribution in [0.5, 0.6) is 0 Å². The SMILES string of the molecule is CCC(N)Cc1c(C)nn(Cc2cc(C)nn2CC)c1C. The molecule has 0 fully saturated rings. The molecule has 2 N–H and O–H groups in total. The summed E-state index contributed by atoms with van der Waals surface area (Å²) >= 11 is 0. The first-order valence-electron chi connectivity index (χ1n) is 7.78. The zero-order valence-electron chi connectivity index (χ0n) is 13.8. The van der Waals surface area contributed by atoms with E-state index in [1.807, 2.05) is 11.6 Å². The Balaban J connectivity index is 2.27. The minimum absolute atomic E-state index is 0.212. The Morgan fingerprint density at radius 2 is 1.86 bits per heavy atom. The van der Waals surface area contributed by atoms with Crippen molar-refractivity contribution < 1.29 is 0 Å². The van der Waals surface area contributed by atoms with Gasteiger partial charge in [0.1, 0.15) is 0 Å². The fraction of sp³-hybridized carbons (Fsp3) is 0.625. The molecule has 2 rings (SSSR count). The molecule has 0 spiro atoms. The average Bonchev–Trinajstić information content (AvgIpc) is 2.93. The van der Waals surface area contributed by atoms with Gasteiger partial charge < -0.3 is 5.73 Å². The summed E-state index contributed by atoms with van der Waals surface area (Å²) in [6, 6.07) is 2.35. The maximum atomic E-state index is 6.10. The first kappa shape index (κ1) is 15.8. The van der Waals surface area contributed by atoms with Crippen molar-refractivity contribution in [3.63, 3.8) is 0 Å². The topological polar surface area (TPSA) is 61.7 Å². The van der Waals surface area contributed by atoms with Crippen molar-refractivity contribution in [2.75, 3.05) is 0 Å². The van der Waals surface area contributed by atoms with Crippen LogP contribution in [0.15, 0.2) is 6.07 Å². The molecule has 1 atom stereocenters. The molecule has 0 saturated heterocycles. The Hall–Kier alpha value is -1.62. The molecule has 2 heterocycles. The molecule has 21 heavy (non-hydrogen) atoms. The van der Waals surface area contributed by atoms with Crippen molar-refractivity contribution in [3.05, 3.63) is 34.4 Å². The highest BCUT2D eigenvalue weighted by atomic mass is 15.3. The van der Waals surface area contributed by atoms with Gasteiger partial charge in [-0.3, -0.25) is 9.36 Å². The molecule has 2 aromatic rings.